The summed E-state index contributed by atoms with van der Waals surface area (Å²) >= 11 is 0. The van der Waals surface area contributed by atoms with E-state index in [0.29, 0.717) is 13.0 Å². The summed E-state index contributed by atoms with van der Waals surface area (Å²) in [4.78, 5) is 24.1. The van der Waals surface area contributed by atoms with Crippen LogP contribution in [-0.2, 0) is 9.36 Å². The predicted molar refractivity (Wildman–Crippen MR) is 51.7 cm³/mol. The van der Waals surface area contributed by atoms with Gasteiger partial charge in [-0.3, -0.25) is 14.6 Å². The molecule has 0 rings (SSSR count). The lowest BCUT2D eigenvalue weighted by Gasteiger charge is -2.03. The zero-order valence-electron chi connectivity index (χ0n) is 8.04. The first kappa shape index (κ1) is 16.9. The number of aliphatic carboxylic acids is 1. The van der Waals surface area contributed by atoms with Gasteiger partial charge in [0.15, 0.2) is 0 Å². The molecular formula is C6H16FN2O5P. The van der Waals surface area contributed by atoms with Crippen LogP contribution in [0.5, 0.6) is 0 Å². The third-order valence-electron chi connectivity index (χ3n) is 1.29. The predicted octanol–water partition coefficient (Wildman–Crippen LogP) is -0.424. The Labute approximate surface area is 86.5 Å². The Morgan fingerprint density at radius 1 is 1.40 bits per heavy atom. The summed E-state index contributed by atoms with van der Waals surface area (Å²) in [6.07, 6.45) is 2.16. The third kappa shape index (κ3) is 24.7. The molecule has 7 nitrogen and oxygen atoms in total. The first-order valence-electron chi connectivity index (χ1n) is 4.12. The molecule has 0 aliphatic heterocycles. The first-order valence-corrected chi connectivity index (χ1v) is 5.62. The largest absolute Gasteiger partial charge is 0.507 e. The molecule has 7 N–H and O–H groups in total. The minimum atomic E-state index is -5.14. The van der Waals surface area contributed by atoms with E-state index in [1.54, 1.807) is 0 Å². The van der Waals surface area contributed by atoms with Crippen molar-refractivity contribution < 1.29 is 28.4 Å². The van der Waals surface area contributed by atoms with Gasteiger partial charge in [0, 0.05) is 0 Å². The maximum absolute atomic E-state index is 10.4. The fourth-order valence-electron chi connectivity index (χ4n) is 0.632. The molecule has 0 aromatic rings. The summed E-state index contributed by atoms with van der Waals surface area (Å²) < 4.78 is 19.0. The highest BCUT2D eigenvalue weighted by Gasteiger charge is 2.09. The van der Waals surface area contributed by atoms with Gasteiger partial charge in [-0.15, -0.1) is 4.20 Å². The minimum Gasteiger partial charge on any atom is -0.480 e. The molecule has 0 unspecified atom stereocenters. The summed E-state index contributed by atoms with van der Waals surface area (Å²) in [6, 6.07) is -0.716. The van der Waals surface area contributed by atoms with E-state index in [0.717, 1.165) is 12.8 Å². The van der Waals surface area contributed by atoms with Crippen LogP contribution in [0.15, 0.2) is 0 Å². The normalized spacial score (nSPS) is 12.6. The molecule has 15 heavy (non-hydrogen) atoms. The smallest absolute Gasteiger partial charge is 0.480 e. The fourth-order valence-corrected chi connectivity index (χ4v) is 0.632. The maximum Gasteiger partial charge on any atom is 0.507 e. The zero-order valence-corrected chi connectivity index (χ0v) is 8.94. The molecule has 9 heteroatoms. The van der Waals surface area contributed by atoms with E-state index in [1.807, 2.05) is 0 Å². The average molecular weight is 246 g/mol. The van der Waals surface area contributed by atoms with Crippen molar-refractivity contribution in [2.75, 3.05) is 6.54 Å². The summed E-state index contributed by atoms with van der Waals surface area (Å²) in [6.45, 7) is 0.604. The van der Waals surface area contributed by atoms with Gasteiger partial charge in [0.2, 0.25) is 0 Å². The van der Waals surface area contributed by atoms with Gasteiger partial charge in [0.1, 0.15) is 6.04 Å². The second-order valence-electron chi connectivity index (χ2n) is 2.70. The van der Waals surface area contributed by atoms with Gasteiger partial charge in [-0.05, 0) is 19.4 Å². The Bertz CT molecular complexity index is 213. The number of halogens is 1. The first-order chi connectivity index (χ1) is 6.68. The number of carbonyl (C=O) groups is 1. The van der Waals surface area contributed by atoms with Crippen molar-refractivity contribution in [3.8, 4) is 0 Å². The van der Waals surface area contributed by atoms with Crippen molar-refractivity contribution in [1.29, 1.82) is 0 Å². The summed E-state index contributed by atoms with van der Waals surface area (Å²) in [5.41, 5.74) is 10.4. The molecular weight excluding hydrogens is 230 g/mol. The second-order valence-corrected chi connectivity index (χ2v) is 3.65. The minimum absolute atomic E-state index is 0.520. The number of carboxylic acids is 1. The van der Waals surface area contributed by atoms with Crippen LogP contribution in [0.4, 0.5) is 4.20 Å². The molecule has 0 aromatic carbocycles. The molecule has 0 aromatic heterocycles. The van der Waals surface area contributed by atoms with E-state index in [1.165, 1.54) is 0 Å². The molecule has 0 fully saturated rings. The molecule has 0 heterocycles. The highest BCUT2D eigenvalue weighted by Crippen LogP contribution is 2.34. The van der Waals surface area contributed by atoms with Crippen molar-refractivity contribution in [2.45, 2.75) is 25.3 Å². The fraction of sp³-hybridized carbons (Fsp3) is 0.833. The summed E-state index contributed by atoms with van der Waals surface area (Å²) in [7, 11) is -5.14. The van der Waals surface area contributed by atoms with Crippen molar-refractivity contribution in [3.63, 3.8) is 0 Å². The molecule has 0 aliphatic carbocycles. The highest BCUT2D eigenvalue weighted by molar-refractivity contribution is 7.45. The Kier molecular flexibility index (Phi) is 9.85. The quantitative estimate of drug-likeness (QED) is 0.326. The van der Waals surface area contributed by atoms with Crippen LogP contribution >= 0.6 is 7.91 Å². The number of carboxylic acid groups (broad SMARTS) is 1. The molecule has 0 amide bonds. The van der Waals surface area contributed by atoms with Gasteiger partial charge in [-0.1, -0.05) is 6.42 Å². The average Bonchev–Trinajstić information content (AvgIpc) is 2.01. The van der Waals surface area contributed by atoms with E-state index in [9.17, 15) is 8.99 Å². The van der Waals surface area contributed by atoms with E-state index in [2.05, 4.69) is 0 Å². The van der Waals surface area contributed by atoms with Crippen molar-refractivity contribution in [2.24, 2.45) is 11.5 Å². The van der Waals surface area contributed by atoms with Crippen LogP contribution in [-0.4, -0.2) is 33.4 Å². The van der Waals surface area contributed by atoms with Gasteiger partial charge in [0.05, 0.1) is 0 Å². The van der Waals surface area contributed by atoms with Crippen LogP contribution in [0.1, 0.15) is 19.3 Å². The molecule has 0 spiro atoms. The van der Waals surface area contributed by atoms with Gasteiger partial charge in [-0.25, -0.2) is 4.57 Å². The summed E-state index contributed by atoms with van der Waals surface area (Å²) in [5.74, 6) is -0.933. The van der Waals surface area contributed by atoms with E-state index in [-0.39, 0.29) is 0 Å². The molecule has 0 bridgehead atoms. The molecule has 0 saturated heterocycles. The van der Waals surface area contributed by atoms with E-state index in [4.69, 9.17) is 30.9 Å². The lowest BCUT2D eigenvalue weighted by molar-refractivity contribution is -0.138. The topological polar surface area (TPSA) is 147 Å². The van der Waals surface area contributed by atoms with Crippen molar-refractivity contribution in [3.05, 3.63) is 0 Å². The van der Waals surface area contributed by atoms with Gasteiger partial charge < -0.3 is 16.6 Å². The number of unbranched alkanes of at least 4 members (excludes halogenated alkanes) is 1. The number of hydrogen-bond acceptors (Lipinski definition) is 4. The molecule has 92 valence electrons. The number of nitrogens with two attached hydrogens (primary N) is 2. The van der Waals surface area contributed by atoms with Crippen molar-refractivity contribution in [1.82, 2.24) is 0 Å². The van der Waals surface area contributed by atoms with Crippen molar-refractivity contribution >= 4 is 13.9 Å². The molecule has 0 radical (unpaired) electrons. The van der Waals surface area contributed by atoms with Gasteiger partial charge >= 0.3 is 13.9 Å². The molecule has 1 atom stereocenters. The van der Waals surface area contributed by atoms with Gasteiger partial charge in [0.25, 0.3) is 0 Å². The highest BCUT2D eigenvalue weighted by atomic mass is 31.2. The van der Waals surface area contributed by atoms with Gasteiger partial charge in [-0.2, -0.15) is 0 Å². The molecule has 0 aliphatic rings. The second kappa shape index (κ2) is 8.75. The number of hydrogen-bond donors (Lipinski definition) is 5. The van der Waals surface area contributed by atoms with E-state index < -0.39 is 19.9 Å². The lowest BCUT2D eigenvalue weighted by Crippen LogP contribution is -2.29. The van der Waals surface area contributed by atoms with Crippen LogP contribution < -0.4 is 11.5 Å². The standard InChI is InChI=1S/C6H14N2O2.FH2O3P/c7-4-2-1-3-5(8)6(9)10;1-5(2,3)4/h5H,1-4,7-8H2,(H,9,10);(H2,2,3,4)/t5-;/m0./s1. The molecule has 0 saturated carbocycles. The number of rotatable bonds is 5. The van der Waals surface area contributed by atoms with Crippen LogP contribution in [0.3, 0.4) is 0 Å². The monoisotopic (exact) mass is 246 g/mol. The van der Waals surface area contributed by atoms with Crippen LogP contribution in [0, 0.1) is 0 Å². The SMILES string of the molecule is NCCCC[C@H](N)C(=O)O.O=P(O)(O)F. The maximum atomic E-state index is 10.4. The Hall–Kier alpha value is -0.530. The Morgan fingerprint density at radius 2 is 1.80 bits per heavy atom. The Morgan fingerprint density at radius 3 is 2.07 bits per heavy atom. The summed E-state index contributed by atoms with van der Waals surface area (Å²) in [5, 5.41) is 8.33. The van der Waals surface area contributed by atoms with Crippen LogP contribution in [0.2, 0.25) is 0 Å². The zero-order chi connectivity index (χ0) is 12.5. The van der Waals surface area contributed by atoms with Crippen LogP contribution in [0.25, 0.3) is 0 Å². The third-order valence-corrected chi connectivity index (χ3v) is 1.29. The Balaban J connectivity index is 0. The van der Waals surface area contributed by atoms with E-state index >= 15 is 0 Å². The lowest BCUT2D eigenvalue weighted by atomic mass is 10.1.